The van der Waals surface area contributed by atoms with Crippen LogP contribution in [0, 0.1) is 5.41 Å². The number of likely N-dealkylation sites (N-methyl/N-ethyl adjacent to an activating group) is 1. The number of nitrogen functional groups attached to an aromatic ring is 1. The molecule has 0 aromatic heterocycles. The summed E-state index contributed by atoms with van der Waals surface area (Å²) in [6, 6.07) is 6.81. The molecule has 20 heavy (non-hydrogen) atoms. The highest BCUT2D eigenvalue weighted by atomic mass is 32.2. The second kappa shape index (κ2) is 6.50. The minimum atomic E-state index is 0.171. The lowest BCUT2D eigenvalue weighted by atomic mass is 10.1. The van der Waals surface area contributed by atoms with Crippen LogP contribution < -0.4 is 10.6 Å². The smallest absolute Gasteiger partial charge is 0.126 e. The van der Waals surface area contributed by atoms with Crippen LogP contribution in [0.4, 0.5) is 5.69 Å². The fourth-order valence-corrected chi connectivity index (χ4v) is 3.56. The molecule has 1 aromatic rings. The highest BCUT2D eigenvalue weighted by molar-refractivity contribution is 7.99. The van der Waals surface area contributed by atoms with Crippen molar-refractivity contribution in [1.29, 1.82) is 5.41 Å². The largest absolute Gasteiger partial charge is 0.384 e. The number of nitrogens with zero attached hydrogens (tertiary/aromatic N) is 2. The molecule has 2 rings (SSSR count). The van der Waals surface area contributed by atoms with Crippen LogP contribution in [0.15, 0.2) is 23.1 Å². The maximum Gasteiger partial charge on any atom is 0.126 e. The van der Waals surface area contributed by atoms with Gasteiger partial charge in [0.1, 0.15) is 5.84 Å². The van der Waals surface area contributed by atoms with Crippen LogP contribution in [0.3, 0.4) is 0 Å². The standard InChI is InChI=1S/C15H24N4S/c1-4-20-13-7-5-6-12(14(13)15(16)17)19-9-8-11(10-19)18(2)3/h5-7,11H,4,8-10H2,1-3H3,(H3,16,17). The highest BCUT2D eigenvalue weighted by Crippen LogP contribution is 2.32. The van der Waals surface area contributed by atoms with Gasteiger partial charge in [0.2, 0.25) is 0 Å². The summed E-state index contributed by atoms with van der Waals surface area (Å²) in [5, 5.41) is 7.92. The first-order valence-corrected chi connectivity index (χ1v) is 8.04. The molecule has 1 heterocycles. The zero-order valence-corrected chi connectivity index (χ0v) is 13.3. The first-order chi connectivity index (χ1) is 9.54. The molecule has 0 radical (unpaired) electrons. The van der Waals surface area contributed by atoms with Crippen LogP contribution >= 0.6 is 11.8 Å². The summed E-state index contributed by atoms with van der Waals surface area (Å²) in [5.41, 5.74) is 7.85. The summed E-state index contributed by atoms with van der Waals surface area (Å²) in [5.74, 6) is 1.16. The maximum atomic E-state index is 7.92. The Morgan fingerprint density at radius 2 is 2.25 bits per heavy atom. The van der Waals surface area contributed by atoms with Crippen molar-refractivity contribution in [2.45, 2.75) is 24.3 Å². The number of anilines is 1. The molecule has 1 fully saturated rings. The van der Waals surface area contributed by atoms with Crippen LogP contribution in [0.5, 0.6) is 0 Å². The summed E-state index contributed by atoms with van der Waals surface area (Å²) in [6.07, 6.45) is 1.16. The van der Waals surface area contributed by atoms with E-state index in [2.05, 4.69) is 49.0 Å². The van der Waals surface area contributed by atoms with E-state index in [9.17, 15) is 0 Å². The second-order valence-corrected chi connectivity index (χ2v) is 6.65. The lowest BCUT2D eigenvalue weighted by Gasteiger charge is -2.25. The molecular formula is C15H24N4S. The molecule has 1 aliphatic heterocycles. The monoisotopic (exact) mass is 292 g/mol. The van der Waals surface area contributed by atoms with E-state index in [0.717, 1.165) is 41.4 Å². The van der Waals surface area contributed by atoms with E-state index in [1.807, 2.05) is 0 Å². The average molecular weight is 292 g/mol. The van der Waals surface area contributed by atoms with Crippen molar-refractivity contribution >= 4 is 23.3 Å². The Kier molecular flexibility index (Phi) is 4.94. The summed E-state index contributed by atoms with van der Waals surface area (Å²) in [6.45, 7) is 4.16. The van der Waals surface area contributed by atoms with Crippen molar-refractivity contribution in [3.8, 4) is 0 Å². The van der Waals surface area contributed by atoms with Gasteiger partial charge in [0.05, 0.1) is 5.56 Å². The Balaban J connectivity index is 2.32. The first-order valence-electron chi connectivity index (χ1n) is 7.06. The zero-order valence-electron chi connectivity index (χ0n) is 12.5. The number of thioether (sulfide) groups is 1. The summed E-state index contributed by atoms with van der Waals surface area (Å²) in [7, 11) is 4.26. The van der Waals surface area contributed by atoms with E-state index in [4.69, 9.17) is 11.1 Å². The van der Waals surface area contributed by atoms with Crippen molar-refractivity contribution < 1.29 is 0 Å². The molecule has 0 saturated carbocycles. The van der Waals surface area contributed by atoms with Gasteiger partial charge in [-0.3, -0.25) is 5.41 Å². The molecule has 5 heteroatoms. The molecule has 3 N–H and O–H groups in total. The predicted octanol–water partition coefficient (Wildman–Crippen LogP) is 2.22. The fourth-order valence-electron chi connectivity index (χ4n) is 2.71. The molecule has 1 atom stereocenters. The lowest BCUT2D eigenvalue weighted by molar-refractivity contribution is 0.315. The van der Waals surface area contributed by atoms with Crippen molar-refractivity contribution in [2.24, 2.45) is 5.73 Å². The summed E-state index contributed by atoms with van der Waals surface area (Å²) >= 11 is 1.75. The molecule has 1 aromatic carbocycles. The second-order valence-electron chi connectivity index (χ2n) is 5.35. The van der Waals surface area contributed by atoms with Crippen molar-refractivity contribution in [3.63, 3.8) is 0 Å². The van der Waals surface area contributed by atoms with E-state index < -0.39 is 0 Å². The Labute approximate surface area is 125 Å². The lowest BCUT2D eigenvalue weighted by Crippen LogP contribution is -2.32. The van der Waals surface area contributed by atoms with Crippen molar-refractivity contribution in [1.82, 2.24) is 4.90 Å². The van der Waals surface area contributed by atoms with Gasteiger partial charge in [0.25, 0.3) is 0 Å². The van der Waals surface area contributed by atoms with Crippen molar-refractivity contribution in [3.05, 3.63) is 23.8 Å². The van der Waals surface area contributed by atoms with E-state index in [-0.39, 0.29) is 5.84 Å². The molecular weight excluding hydrogens is 268 g/mol. The molecule has 1 unspecified atom stereocenters. The number of nitrogens with one attached hydrogen (secondary N) is 1. The van der Waals surface area contributed by atoms with Gasteiger partial charge in [-0.15, -0.1) is 11.8 Å². The molecule has 0 spiro atoms. The first kappa shape index (κ1) is 15.2. The Morgan fingerprint density at radius 1 is 1.50 bits per heavy atom. The van der Waals surface area contributed by atoms with E-state index >= 15 is 0 Å². The zero-order chi connectivity index (χ0) is 14.7. The third-order valence-corrected chi connectivity index (χ3v) is 4.75. The summed E-state index contributed by atoms with van der Waals surface area (Å²) in [4.78, 5) is 5.75. The SMILES string of the molecule is CCSc1cccc(N2CCC(N(C)C)C2)c1C(=N)N. The third-order valence-electron chi connectivity index (χ3n) is 3.81. The number of hydrogen-bond acceptors (Lipinski definition) is 4. The van der Waals surface area contributed by atoms with Crippen molar-refractivity contribution in [2.75, 3.05) is 37.8 Å². The topological polar surface area (TPSA) is 56.4 Å². The number of nitrogens with two attached hydrogens (primary N) is 1. The molecule has 0 aliphatic carbocycles. The van der Waals surface area contributed by atoms with E-state index in [1.54, 1.807) is 11.8 Å². The average Bonchev–Trinajstić information content (AvgIpc) is 2.88. The van der Waals surface area contributed by atoms with Gasteiger partial charge in [0, 0.05) is 29.7 Å². The quantitative estimate of drug-likeness (QED) is 0.496. The van der Waals surface area contributed by atoms with Crippen LogP contribution in [0.2, 0.25) is 0 Å². The number of rotatable bonds is 5. The molecule has 1 saturated heterocycles. The normalized spacial score (nSPS) is 18.8. The maximum absolute atomic E-state index is 7.92. The molecule has 0 bridgehead atoms. The van der Waals surface area contributed by atoms with Gasteiger partial charge < -0.3 is 15.5 Å². The van der Waals surface area contributed by atoms with Crippen LogP contribution in [0.1, 0.15) is 18.9 Å². The molecule has 110 valence electrons. The number of hydrogen-bond donors (Lipinski definition) is 2. The highest BCUT2D eigenvalue weighted by Gasteiger charge is 2.26. The molecule has 0 amide bonds. The summed E-state index contributed by atoms with van der Waals surface area (Å²) < 4.78 is 0. The Morgan fingerprint density at radius 3 is 2.80 bits per heavy atom. The Bertz CT molecular complexity index is 487. The fraction of sp³-hybridized carbons (Fsp3) is 0.533. The number of amidine groups is 1. The minimum absolute atomic E-state index is 0.171. The molecule has 1 aliphatic rings. The van der Waals surface area contributed by atoms with Crippen LogP contribution in [-0.2, 0) is 0 Å². The van der Waals surface area contributed by atoms with Gasteiger partial charge in [0.15, 0.2) is 0 Å². The Hall–Kier alpha value is -1.20. The van der Waals surface area contributed by atoms with Gasteiger partial charge in [-0.2, -0.15) is 0 Å². The van der Waals surface area contributed by atoms with E-state index in [1.165, 1.54) is 0 Å². The van der Waals surface area contributed by atoms with Crippen LogP contribution in [0.25, 0.3) is 0 Å². The van der Waals surface area contributed by atoms with Gasteiger partial charge >= 0.3 is 0 Å². The van der Waals surface area contributed by atoms with Crippen LogP contribution in [-0.4, -0.2) is 49.7 Å². The van der Waals surface area contributed by atoms with Gasteiger partial charge in [-0.25, -0.2) is 0 Å². The molecule has 4 nitrogen and oxygen atoms in total. The van der Waals surface area contributed by atoms with Gasteiger partial charge in [-0.1, -0.05) is 13.0 Å². The minimum Gasteiger partial charge on any atom is -0.384 e. The third kappa shape index (κ3) is 3.10. The number of benzene rings is 1. The van der Waals surface area contributed by atoms with E-state index in [0.29, 0.717) is 6.04 Å². The van der Waals surface area contributed by atoms with Gasteiger partial charge in [-0.05, 0) is 38.4 Å². The predicted molar refractivity (Wildman–Crippen MR) is 88.2 cm³/mol.